The summed E-state index contributed by atoms with van der Waals surface area (Å²) in [7, 11) is 0. The molecule has 0 radical (unpaired) electrons. The maximum absolute atomic E-state index is 13.2. The zero-order valence-electron chi connectivity index (χ0n) is 18.9. The number of para-hydroxylation sites is 1. The molecule has 2 fully saturated rings. The summed E-state index contributed by atoms with van der Waals surface area (Å²) >= 11 is 0.875. The topological polar surface area (TPSA) is 80.6 Å². The molecule has 2 aliphatic heterocycles. The monoisotopic (exact) mass is 493 g/mol. The number of amides is 3. The molecule has 1 N–H and O–H groups in total. The van der Waals surface area contributed by atoms with Gasteiger partial charge in [0.2, 0.25) is 5.91 Å². The zero-order chi connectivity index (χ0) is 24.4. The number of carbonyl (C=O) groups is 3. The standard InChI is InChI=1S/C26H24FN3O4S/c27-19-9-7-17(8-10-19)14-30-25(32)23(35-26(30)33)12-18-15-29(22-6-2-1-5-21(18)22)16-24(31)28-13-20-4-3-11-34-20/h1-2,5-10,12,15,20H,3-4,11,13-14,16H2,(H,28,31)/b23-12-/t20-/m1/s1. The molecule has 0 bridgehead atoms. The van der Waals surface area contributed by atoms with E-state index in [0.717, 1.165) is 52.6 Å². The van der Waals surface area contributed by atoms with Crippen molar-refractivity contribution in [1.29, 1.82) is 0 Å². The van der Waals surface area contributed by atoms with Crippen molar-refractivity contribution < 1.29 is 23.5 Å². The van der Waals surface area contributed by atoms with Crippen LogP contribution in [-0.2, 0) is 27.4 Å². The van der Waals surface area contributed by atoms with Gasteiger partial charge in [-0.3, -0.25) is 19.3 Å². The van der Waals surface area contributed by atoms with Crippen LogP contribution < -0.4 is 5.32 Å². The number of nitrogens with zero attached hydrogens (tertiary/aromatic N) is 2. The molecule has 180 valence electrons. The second-order valence-electron chi connectivity index (χ2n) is 8.56. The summed E-state index contributed by atoms with van der Waals surface area (Å²) in [6, 6.07) is 13.3. The molecule has 0 unspecified atom stereocenters. The molecule has 7 nitrogen and oxygen atoms in total. The number of thioether (sulfide) groups is 1. The number of imide groups is 1. The molecule has 0 spiro atoms. The second-order valence-corrected chi connectivity index (χ2v) is 9.56. The highest BCUT2D eigenvalue weighted by molar-refractivity contribution is 8.18. The average Bonchev–Trinajstić information content (AvgIpc) is 3.56. The van der Waals surface area contributed by atoms with Crippen LogP contribution in [0.1, 0.15) is 24.0 Å². The Bertz CT molecular complexity index is 1310. The molecule has 1 aromatic heterocycles. The van der Waals surface area contributed by atoms with E-state index >= 15 is 0 Å². The van der Waals surface area contributed by atoms with E-state index in [2.05, 4.69) is 5.32 Å². The van der Waals surface area contributed by atoms with Crippen molar-refractivity contribution in [2.75, 3.05) is 13.2 Å². The molecule has 9 heteroatoms. The molecule has 1 atom stereocenters. The maximum Gasteiger partial charge on any atom is 0.293 e. The molecular formula is C26H24FN3O4S. The number of ether oxygens (including phenoxy) is 1. The van der Waals surface area contributed by atoms with Gasteiger partial charge in [-0.1, -0.05) is 30.3 Å². The third-order valence-corrected chi connectivity index (χ3v) is 7.01. The van der Waals surface area contributed by atoms with E-state index in [1.54, 1.807) is 18.2 Å². The number of benzene rings is 2. The molecule has 2 saturated heterocycles. The number of hydrogen-bond donors (Lipinski definition) is 1. The Labute approximate surface area is 205 Å². The van der Waals surface area contributed by atoms with Crippen LogP contribution in [-0.4, -0.2) is 45.8 Å². The predicted molar refractivity (Wildman–Crippen MR) is 132 cm³/mol. The summed E-state index contributed by atoms with van der Waals surface area (Å²) in [4.78, 5) is 39.5. The molecule has 2 aliphatic rings. The van der Waals surface area contributed by atoms with E-state index in [1.807, 2.05) is 35.0 Å². The van der Waals surface area contributed by atoms with Crippen LogP contribution in [0, 0.1) is 5.82 Å². The van der Waals surface area contributed by atoms with Gasteiger partial charge in [-0.15, -0.1) is 0 Å². The van der Waals surface area contributed by atoms with Gasteiger partial charge in [0.05, 0.1) is 17.6 Å². The van der Waals surface area contributed by atoms with E-state index in [1.165, 1.54) is 12.1 Å². The Balaban J connectivity index is 1.34. The first kappa shape index (κ1) is 23.3. The number of nitrogens with one attached hydrogen (secondary N) is 1. The Morgan fingerprint density at radius 1 is 1.17 bits per heavy atom. The number of carbonyl (C=O) groups excluding carboxylic acids is 3. The first-order valence-electron chi connectivity index (χ1n) is 11.4. The lowest BCUT2D eigenvalue weighted by Crippen LogP contribution is -2.34. The van der Waals surface area contributed by atoms with E-state index in [4.69, 9.17) is 4.74 Å². The average molecular weight is 494 g/mol. The highest BCUT2D eigenvalue weighted by Crippen LogP contribution is 2.35. The van der Waals surface area contributed by atoms with Crippen LogP contribution in [0.15, 0.2) is 59.6 Å². The molecule has 0 aliphatic carbocycles. The van der Waals surface area contributed by atoms with Gasteiger partial charge >= 0.3 is 0 Å². The van der Waals surface area contributed by atoms with Crippen molar-refractivity contribution in [3.63, 3.8) is 0 Å². The number of halogens is 1. The van der Waals surface area contributed by atoms with Crippen molar-refractivity contribution in [3.8, 4) is 0 Å². The zero-order valence-corrected chi connectivity index (χ0v) is 19.7. The predicted octanol–water partition coefficient (Wildman–Crippen LogP) is 4.31. The SMILES string of the molecule is O=C(Cn1cc(/C=C2\SC(=O)N(Cc3ccc(F)cc3)C2=O)c2ccccc21)NC[C@H]1CCCO1. The highest BCUT2D eigenvalue weighted by atomic mass is 32.2. The molecular weight excluding hydrogens is 469 g/mol. The Morgan fingerprint density at radius 3 is 2.74 bits per heavy atom. The minimum absolute atomic E-state index is 0.0708. The first-order chi connectivity index (χ1) is 17.0. The van der Waals surface area contributed by atoms with E-state index < -0.39 is 5.91 Å². The van der Waals surface area contributed by atoms with Gasteiger partial charge in [-0.2, -0.15) is 0 Å². The molecule has 0 saturated carbocycles. The molecule has 3 amide bonds. The van der Waals surface area contributed by atoms with E-state index in [0.29, 0.717) is 17.0 Å². The Morgan fingerprint density at radius 2 is 1.97 bits per heavy atom. The number of aromatic nitrogens is 1. The summed E-state index contributed by atoms with van der Waals surface area (Å²) in [6.45, 7) is 1.44. The quantitative estimate of drug-likeness (QED) is 0.496. The van der Waals surface area contributed by atoms with Crippen LogP contribution in [0.5, 0.6) is 0 Å². The minimum atomic E-state index is -0.393. The van der Waals surface area contributed by atoms with Crippen molar-refractivity contribution in [2.24, 2.45) is 0 Å². The summed E-state index contributed by atoms with van der Waals surface area (Å²) in [5.41, 5.74) is 2.27. The minimum Gasteiger partial charge on any atom is -0.376 e. The lowest BCUT2D eigenvalue weighted by molar-refractivity contribution is -0.123. The van der Waals surface area contributed by atoms with Crippen molar-refractivity contribution in [2.45, 2.75) is 32.0 Å². The van der Waals surface area contributed by atoms with Crippen molar-refractivity contribution in [3.05, 3.63) is 76.6 Å². The summed E-state index contributed by atoms with van der Waals surface area (Å²) < 4.78 is 20.6. The van der Waals surface area contributed by atoms with Gasteiger partial charge in [-0.05, 0) is 54.4 Å². The Hall–Kier alpha value is -3.43. The lowest BCUT2D eigenvalue weighted by atomic mass is 10.1. The first-order valence-corrected chi connectivity index (χ1v) is 12.3. The van der Waals surface area contributed by atoms with Gasteiger partial charge in [0.25, 0.3) is 11.1 Å². The smallest absolute Gasteiger partial charge is 0.293 e. The van der Waals surface area contributed by atoms with Gasteiger partial charge in [-0.25, -0.2) is 4.39 Å². The van der Waals surface area contributed by atoms with Gasteiger partial charge < -0.3 is 14.6 Å². The van der Waals surface area contributed by atoms with Crippen molar-refractivity contribution >= 4 is 45.8 Å². The van der Waals surface area contributed by atoms with Gasteiger partial charge in [0, 0.05) is 35.8 Å². The van der Waals surface area contributed by atoms with Crippen LogP contribution in [0.25, 0.3) is 17.0 Å². The van der Waals surface area contributed by atoms with E-state index in [9.17, 15) is 18.8 Å². The maximum atomic E-state index is 13.2. The Kier molecular flexibility index (Phi) is 6.70. The molecule has 5 rings (SSSR count). The molecule has 3 heterocycles. The van der Waals surface area contributed by atoms with Gasteiger partial charge in [0.15, 0.2) is 0 Å². The van der Waals surface area contributed by atoms with Gasteiger partial charge in [0.1, 0.15) is 12.4 Å². The normalized spacial score (nSPS) is 19.3. The number of rotatable bonds is 7. The van der Waals surface area contributed by atoms with Crippen LogP contribution >= 0.6 is 11.8 Å². The van der Waals surface area contributed by atoms with Crippen LogP contribution in [0.2, 0.25) is 0 Å². The lowest BCUT2D eigenvalue weighted by Gasteiger charge is -2.12. The highest BCUT2D eigenvalue weighted by Gasteiger charge is 2.35. The second kappa shape index (κ2) is 10.1. The third kappa shape index (κ3) is 5.16. The van der Waals surface area contributed by atoms with Crippen LogP contribution in [0.4, 0.5) is 9.18 Å². The fraction of sp³-hybridized carbons (Fsp3) is 0.269. The third-order valence-electron chi connectivity index (χ3n) is 6.10. The van der Waals surface area contributed by atoms with Crippen LogP contribution in [0.3, 0.4) is 0 Å². The molecule has 35 heavy (non-hydrogen) atoms. The number of fused-ring (bicyclic) bond motifs is 1. The summed E-state index contributed by atoms with van der Waals surface area (Å²) in [5.74, 6) is -0.886. The fourth-order valence-electron chi connectivity index (χ4n) is 4.31. The summed E-state index contributed by atoms with van der Waals surface area (Å²) in [6.07, 6.45) is 5.55. The fourth-order valence-corrected chi connectivity index (χ4v) is 5.14. The van der Waals surface area contributed by atoms with Crippen molar-refractivity contribution in [1.82, 2.24) is 14.8 Å². The number of hydrogen-bond acceptors (Lipinski definition) is 5. The largest absolute Gasteiger partial charge is 0.376 e. The molecule has 3 aromatic rings. The van der Waals surface area contributed by atoms with E-state index in [-0.39, 0.29) is 36.2 Å². The summed E-state index contributed by atoms with van der Waals surface area (Å²) in [5, 5.41) is 3.44. The molecule has 2 aromatic carbocycles.